The summed E-state index contributed by atoms with van der Waals surface area (Å²) >= 11 is 0. The number of hydrogen-bond acceptors (Lipinski definition) is 5. The van der Waals surface area contributed by atoms with Crippen LogP contribution in [-0.2, 0) is 6.18 Å². The number of amides is 1. The molecule has 1 fully saturated rings. The van der Waals surface area contributed by atoms with Crippen LogP contribution < -0.4 is 16.0 Å². The van der Waals surface area contributed by atoms with E-state index in [1.807, 2.05) is 12.1 Å². The number of aryl methyl sites for hydroxylation is 1. The number of anilines is 1. The molecule has 2 aromatic carbocycles. The van der Waals surface area contributed by atoms with E-state index in [9.17, 15) is 18.0 Å². The number of carbonyl (C=O) groups excluding carboxylic acids is 1. The molecule has 200 valence electrons. The van der Waals surface area contributed by atoms with Gasteiger partial charge in [-0.3, -0.25) is 4.79 Å². The number of rotatable bonds is 10. The van der Waals surface area contributed by atoms with Gasteiger partial charge in [-0.25, -0.2) is 9.97 Å². The summed E-state index contributed by atoms with van der Waals surface area (Å²) < 4.78 is 43.3. The predicted molar refractivity (Wildman–Crippen MR) is 145 cm³/mol. The maximum Gasteiger partial charge on any atom is 0.417 e. The second-order valence-corrected chi connectivity index (χ2v) is 9.40. The minimum absolute atomic E-state index is 0.132. The second-order valence-electron chi connectivity index (χ2n) is 9.40. The summed E-state index contributed by atoms with van der Waals surface area (Å²) in [6.45, 7) is 10.4. The highest BCUT2D eigenvalue weighted by molar-refractivity contribution is 5.99. The van der Waals surface area contributed by atoms with Crippen LogP contribution in [-0.4, -0.2) is 29.0 Å². The van der Waals surface area contributed by atoms with Crippen LogP contribution in [0.1, 0.15) is 54.6 Å². The second kappa shape index (κ2) is 11.2. The van der Waals surface area contributed by atoms with Crippen LogP contribution in [0.25, 0.3) is 22.3 Å². The van der Waals surface area contributed by atoms with E-state index < -0.39 is 23.2 Å². The summed E-state index contributed by atoms with van der Waals surface area (Å²) in [5, 5.41) is 9.77. The lowest BCUT2D eigenvalue weighted by Gasteiger charge is -2.19. The Hall–Kier alpha value is -3.88. The molecule has 1 amide bonds. The van der Waals surface area contributed by atoms with E-state index in [2.05, 4.69) is 39.4 Å². The number of para-hydroxylation sites is 1. The molecule has 3 N–H and O–H groups in total. The highest BCUT2D eigenvalue weighted by Crippen LogP contribution is 2.41. The van der Waals surface area contributed by atoms with Crippen LogP contribution >= 0.6 is 0 Å². The van der Waals surface area contributed by atoms with E-state index in [-0.39, 0.29) is 23.5 Å². The first-order valence-electron chi connectivity index (χ1n) is 12.8. The van der Waals surface area contributed by atoms with E-state index >= 15 is 0 Å². The summed E-state index contributed by atoms with van der Waals surface area (Å²) in [7, 11) is 0. The lowest BCUT2D eigenvalue weighted by Crippen LogP contribution is -2.27. The molecule has 6 nitrogen and oxygen atoms in total. The van der Waals surface area contributed by atoms with E-state index in [1.165, 1.54) is 19.1 Å². The molecular formula is C29H32F3N5O. The van der Waals surface area contributed by atoms with Gasteiger partial charge in [0.15, 0.2) is 5.82 Å². The fraction of sp³-hybridized carbons (Fsp3) is 0.345. The van der Waals surface area contributed by atoms with Crippen LogP contribution in [0, 0.1) is 12.8 Å². The molecule has 0 unspecified atom stereocenters. The van der Waals surface area contributed by atoms with E-state index in [0.29, 0.717) is 28.3 Å². The Morgan fingerprint density at radius 3 is 2.50 bits per heavy atom. The zero-order valence-electron chi connectivity index (χ0n) is 21.8. The Labute approximate surface area is 220 Å². The maximum atomic E-state index is 14.4. The third kappa shape index (κ3) is 5.98. The minimum Gasteiger partial charge on any atom is -0.388 e. The zero-order chi connectivity index (χ0) is 27.4. The molecule has 1 aromatic heterocycles. The molecule has 4 rings (SSSR count). The van der Waals surface area contributed by atoms with Gasteiger partial charge in [0.25, 0.3) is 5.91 Å². The average Bonchev–Trinajstić information content (AvgIpc) is 3.71. The van der Waals surface area contributed by atoms with Crippen molar-refractivity contribution in [2.24, 2.45) is 5.92 Å². The highest BCUT2D eigenvalue weighted by atomic mass is 19.4. The number of hydrogen-bond donors (Lipinski definition) is 3. The van der Waals surface area contributed by atoms with Crippen molar-refractivity contribution in [1.82, 2.24) is 20.6 Å². The number of nitrogens with one attached hydrogen (secondary N) is 3. The summed E-state index contributed by atoms with van der Waals surface area (Å²) in [6, 6.07) is 9.91. The zero-order valence-corrected chi connectivity index (χ0v) is 21.8. The fourth-order valence-corrected chi connectivity index (χ4v) is 4.37. The molecule has 3 aromatic rings. The van der Waals surface area contributed by atoms with Gasteiger partial charge in [-0.2, -0.15) is 13.2 Å². The van der Waals surface area contributed by atoms with Crippen molar-refractivity contribution < 1.29 is 18.0 Å². The smallest absolute Gasteiger partial charge is 0.388 e. The first kappa shape index (κ1) is 27.2. The number of benzene rings is 2. The van der Waals surface area contributed by atoms with Crippen LogP contribution in [0.15, 0.2) is 60.4 Å². The van der Waals surface area contributed by atoms with Crippen molar-refractivity contribution in [3.63, 3.8) is 0 Å². The number of carbonyl (C=O) groups is 1. The molecule has 0 bridgehead atoms. The van der Waals surface area contributed by atoms with E-state index in [1.54, 1.807) is 25.1 Å². The summed E-state index contributed by atoms with van der Waals surface area (Å²) in [5.41, 5.74) is 0.603. The standard InChI is InChI=1S/C29H32F3N5O/c1-5-15-34-23(19-12-13-19)16-18(4)35-26-20-9-7-8-10-22(20)36-27(37-26)21-14-11-17(3)24(28(38)33-6-2)25(21)29(30,31)32/h7-11,14,16,19,34H,4-6,12-13,15H2,1-3H3,(H,33,38)(H,35,36,37)/b23-16-. The van der Waals surface area contributed by atoms with Crippen molar-refractivity contribution in [1.29, 1.82) is 0 Å². The van der Waals surface area contributed by atoms with Gasteiger partial charge in [0, 0.05) is 35.4 Å². The number of nitrogens with zero attached hydrogens (tertiary/aromatic N) is 2. The molecule has 1 aliphatic carbocycles. The van der Waals surface area contributed by atoms with Gasteiger partial charge < -0.3 is 16.0 Å². The molecule has 38 heavy (non-hydrogen) atoms. The molecule has 1 heterocycles. The minimum atomic E-state index is -4.80. The molecule has 0 aliphatic heterocycles. The Kier molecular flexibility index (Phi) is 8.04. The fourth-order valence-electron chi connectivity index (χ4n) is 4.37. The number of halogens is 3. The lowest BCUT2D eigenvalue weighted by atomic mass is 9.94. The molecule has 0 saturated heterocycles. The monoisotopic (exact) mass is 523 g/mol. The van der Waals surface area contributed by atoms with Gasteiger partial charge in [0.1, 0.15) is 5.82 Å². The maximum absolute atomic E-state index is 14.4. The van der Waals surface area contributed by atoms with Crippen molar-refractivity contribution in [2.45, 2.75) is 46.2 Å². The summed E-state index contributed by atoms with van der Waals surface area (Å²) in [5.74, 6) is -0.116. The quantitative estimate of drug-likeness (QED) is 0.261. The van der Waals surface area contributed by atoms with Crippen LogP contribution in [0.5, 0.6) is 0 Å². The number of allylic oxidation sites excluding steroid dienone is 2. The van der Waals surface area contributed by atoms with Gasteiger partial charge in [-0.1, -0.05) is 37.8 Å². The lowest BCUT2D eigenvalue weighted by molar-refractivity contribution is -0.137. The van der Waals surface area contributed by atoms with Crippen molar-refractivity contribution in [3.05, 3.63) is 77.1 Å². The average molecular weight is 524 g/mol. The molecule has 0 radical (unpaired) electrons. The number of fused-ring (bicyclic) bond motifs is 1. The molecule has 9 heteroatoms. The van der Waals surface area contributed by atoms with Gasteiger partial charge in [0.2, 0.25) is 0 Å². The number of aromatic nitrogens is 2. The Balaban J connectivity index is 1.83. The summed E-state index contributed by atoms with van der Waals surface area (Å²) in [6.07, 6.45) is 0.334. The summed E-state index contributed by atoms with van der Waals surface area (Å²) in [4.78, 5) is 21.7. The Morgan fingerprint density at radius 1 is 1.11 bits per heavy atom. The van der Waals surface area contributed by atoms with Crippen LogP contribution in [0.2, 0.25) is 0 Å². The Morgan fingerprint density at radius 2 is 1.84 bits per heavy atom. The van der Waals surface area contributed by atoms with Crippen LogP contribution in [0.4, 0.5) is 19.0 Å². The molecule has 1 saturated carbocycles. The van der Waals surface area contributed by atoms with Gasteiger partial charge in [-0.15, -0.1) is 0 Å². The highest BCUT2D eigenvalue weighted by Gasteiger charge is 2.40. The van der Waals surface area contributed by atoms with Gasteiger partial charge >= 0.3 is 6.18 Å². The van der Waals surface area contributed by atoms with Crippen molar-refractivity contribution in [3.8, 4) is 11.4 Å². The molecular weight excluding hydrogens is 491 g/mol. The van der Waals surface area contributed by atoms with Gasteiger partial charge in [-0.05, 0) is 62.8 Å². The van der Waals surface area contributed by atoms with Crippen molar-refractivity contribution >= 4 is 22.6 Å². The SMILES string of the molecule is C=C(/C=C(\NCCC)C1CC1)Nc1nc(-c2ccc(C)c(C(=O)NCC)c2C(F)(F)F)nc2ccccc12. The predicted octanol–water partition coefficient (Wildman–Crippen LogP) is 6.59. The topological polar surface area (TPSA) is 78.9 Å². The first-order valence-corrected chi connectivity index (χ1v) is 12.8. The third-order valence-electron chi connectivity index (χ3n) is 6.31. The van der Waals surface area contributed by atoms with Gasteiger partial charge in [0.05, 0.1) is 16.6 Å². The van der Waals surface area contributed by atoms with E-state index in [4.69, 9.17) is 0 Å². The third-order valence-corrected chi connectivity index (χ3v) is 6.31. The number of alkyl halides is 3. The van der Waals surface area contributed by atoms with Crippen molar-refractivity contribution in [2.75, 3.05) is 18.4 Å². The normalized spacial score (nSPS) is 13.9. The van der Waals surface area contributed by atoms with E-state index in [0.717, 1.165) is 31.5 Å². The molecule has 0 spiro atoms. The Bertz CT molecular complexity index is 1390. The molecule has 0 atom stereocenters. The molecule has 1 aliphatic rings. The van der Waals surface area contributed by atoms with Crippen LogP contribution in [0.3, 0.4) is 0 Å². The first-order chi connectivity index (χ1) is 18.1. The largest absolute Gasteiger partial charge is 0.417 e.